The van der Waals surface area contributed by atoms with Gasteiger partial charge in [-0.1, -0.05) is 0 Å². The summed E-state index contributed by atoms with van der Waals surface area (Å²) >= 11 is 1.87. The monoisotopic (exact) mass is 240 g/mol. The molecule has 1 aromatic rings. The molecule has 0 fully saturated rings. The Hall–Kier alpha value is -0.970. The smallest absolute Gasteiger partial charge is 0.224 e. The largest absolute Gasteiger partial charge is 0.370 e. The summed E-state index contributed by atoms with van der Waals surface area (Å²) in [5.41, 5.74) is 0.985. The second-order valence-corrected chi connectivity index (χ2v) is 4.51. The molecule has 1 rings (SSSR count). The zero-order valence-corrected chi connectivity index (χ0v) is 11.0. The predicted molar refractivity (Wildman–Crippen MR) is 72.4 cm³/mol. The van der Waals surface area contributed by atoms with Crippen LogP contribution in [0.25, 0.3) is 0 Å². The molecule has 0 radical (unpaired) electrons. The van der Waals surface area contributed by atoms with Gasteiger partial charge in [0.15, 0.2) is 0 Å². The SMILES string of the molecule is CCNc1nc(C)cc(NCCCSC)n1. The third-order valence-electron chi connectivity index (χ3n) is 2.02. The molecule has 0 bridgehead atoms. The first-order valence-electron chi connectivity index (χ1n) is 5.58. The van der Waals surface area contributed by atoms with Gasteiger partial charge in [0.05, 0.1) is 0 Å². The summed E-state index contributed by atoms with van der Waals surface area (Å²) in [5, 5.41) is 6.44. The lowest BCUT2D eigenvalue weighted by atomic mass is 10.4. The van der Waals surface area contributed by atoms with E-state index in [4.69, 9.17) is 0 Å². The van der Waals surface area contributed by atoms with E-state index < -0.39 is 0 Å². The van der Waals surface area contributed by atoms with Crippen LogP contribution in [0.2, 0.25) is 0 Å². The highest BCUT2D eigenvalue weighted by Crippen LogP contribution is 2.09. The third kappa shape index (κ3) is 4.70. The van der Waals surface area contributed by atoms with Crippen LogP contribution < -0.4 is 10.6 Å². The molecule has 5 heteroatoms. The van der Waals surface area contributed by atoms with Crippen molar-refractivity contribution in [3.63, 3.8) is 0 Å². The zero-order valence-electron chi connectivity index (χ0n) is 10.2. The molecule has 0 aliphatic carbocycles. The Morgan fingerprint density at radius 2 is 2.12 bits per heavy atom. The summed E-state index contributed by atoms with van der Waals surface area (Å²) in [6.45, 7) is 5.82. The molecule has 0 saturated heterocycles. The van der Waals surface area contributed by atoms with Gasteiger partial charge in [-0.15, -0.1) is 0 Å². The first-order valence-corrected chi connectivity index (χ1v) is 6.98. The van der Waals surface area contributed by atoms with Gasteiger partial charge >= 0.3 is 0 Å². The minimum atomic E-state index is 0.704. The molecule has 0 aromatic carbocycles. The second kappa shape index (κ2) is 7.33. The number of hydrogen-bond donors (Lipinski definition) is 2. The van der Waals surface area contributed by atoms with Gasteiger partial charge in [-0.25, -0.2) is 4.98 Å². The number of aromatic nitrogens is 2. The summed E-state index contributed by atoms with van der Waals surface area (Å²) in [7, 11) is 0. The molecule has 2 N–H and O–H groups in total. The molecule has 0 aliphatic heterocycles. The highest BCUT2D eigenvalue weighted by Gasteiger charge is 2.00. The van der Waals surface area contributed by atoms with Crippen LogP contribution in [-0.4, -0.2) is 35.1 Å². The van der Waals surface area contributed by atoms with E-state index in [0.717, 1.165) is 31.0 Å². The van der Waals surface area contributed by atoms with Gasteiger partial charge in [0.25, 0.3) is 0 Å². The van der Waals surface area contributed by atoms with E-state index in [1.807, 2.05) is 31.7 Å². The first-order chi connectivity index (χ1) is 7.76. The maximum atomic E-state index is 4.38. The van der Waals surface area contributed by atoms with Gasteiger partial charge in [0, 0.05) is 24.8 Å². The third-order valence-corrected chi connectivity index (χ3v) is 2.72. The Morgan fingerprint density at radius 3 is 2.81 bits per heavy atom. The molecule has 0 aliphatic rings. The molecule has 4 nitrogen and oxygen atoms in total. The van der Waals surface area contributed by atoms with Crippen LogP contribution in [0.4, 0.5) is 11.8 Å². The number of hydrogen-bond acceptors (Lipinski definition) is 5. The van der Waals surface area contributed by atoms with E-state index in [-0.39, 0.29) is 0 Å². The lowest BCUT2D eigenvalue weighted by Gasteiger charge is -2.08. The quantitative estimate of drug-likeness (QED) is 0.717. The van der Waals surface area contributed by atoms with E-state index in [1.165, 1.54) is 5.75 Å². The van der Waals surface area contributed by atoms with E-state index in [1.54, 1.807) is 0 Å². The van der Waals surface area contributed by atoms with Gasteiger partial charge in [0.1, 0.15) is 5.82 Å². The number of anilines is 2. The minimum absolute atomic E-state index is 0.704. The van der Waals surface area contributed by atoms with Crippen LogP contribution in [0.5, 0.6) is 0 Å². The normalized spacial score (nSPS) is 10.2. The van der Waals surface area contributed by atoms with Crippen molar-refractivity contribution in [2.45, 2.75) is 20.3 Å². The maximum absolute atomic E-state index is 4.38. The van der Waals surface area contributed by atoms with Crippen LogP contribution in [0, 0.1) is 6.92 Å². The lowest BCUT2D eigenvalue weighted by Crippen LogP contribution is -2.08. The molecule has 0 spiro atoms. The van der Waals surface area contributed by atoms with Gasteiger partial charge in [-0.3, -0.25) is 0 Å². The summed E-state index contributed by atoms with van der Waals surface area (Å²) in [5.74, 6) is 2.79. The molecular weight excluding hydrogens is 220 g/mol. The minimum Gasteiger partial charge on any atom is -0.370 e. The van der Waals surface area contributed by atoms with Gasteiger partial charge in [-0.2, -0.15) is 16.7 Å². The standard InChI is InChI=1S/C11H20N4S/c1-4-12-11-14-9(2)8-10(15-11)13-6-5-7-16-3/h8H,4-7H2,1-3H3,(H2,12,13,14,15). The number of thioether (sulfide) groups is 1. The van der Waals surface area contributed by atoms with Gasteiger partial charge < -0.3 is 10.6 Å². The molecule has 0 atom stereocenters. The zero-order chi connectivity index (χ0) is 11.8. The maximum Gasteiger partial charge on any atom is 0.224 e. The molecule has 0 unspecified atom stereocenters. The molecule has 90 valence electrons. The van der Waals surface area contributed by atoms with Crippen LogP contribution in [0.15, 0.2) is 6.07 Å². The number of rotatable bonds is 7. The summed E-state index contributed by atoms with van der Waals surface area (Å²) < 4.78 is 0. The van der Waals surface area contributed by atoms with E-state index in [2.05, 4.69) is 26.9 Å². The topological polar surface area (TPSA) is 49.8 Å². The molecular formula is C11H20N4S. The van der Waals surface area contributed by atoms with Crippen LogP contribution >= 0.6 is 11.8 Å². The van der Waals surface area contributed by atoms with Crippen molar-refractivity contribution >= 4 is 23.5 Å². The summed E-state index contributed by atoms with van der Waals surface area (Å²) in [4.78, 5) is 8.68. The Bertz CT molecular complexity index is 317. The molecule has 1 heterocycles. The fourth-order valence-electron chi connectivity index (χ4n) is 1.33. The van der Waals surface area contributed by atoms with Crippen molar-refractivity contribution in [3.8, 4) is 0 Å². The van der Waals surface area contributed by atoms with Crippen molar-refractivity contribution in [2.24, 2.45) is 0 Å². The van der Waals surface area contributed by atoms with E-state index in [9.17, 15) is 0 Å². The van der Waals surface area contributed by atoms with Crippen molar-refractivity contribution in [2.75, 3.05) is 35.7 Å². The molecule has 16 heavy (non-hydrogen) atoms. The van der Waals surface area contributed by atoms with E-state index >= 15 is 0 Å². The second-order valence-electron chi connectivity index (χ2n) is 3.52. The van der Waals surface area contributed by atoms with Crippen LogP contribution in [0.1, 0.15) is 19.0 Å². The number of nitrogens with zero attached hydrogens (tertiary/aromatic N) is 2. The Morgan fingerprint density at radius 1 is 1.31 bits per heavy atom. The van der Waals surface area contributed by atoms with Gasteiger partial charge in [0.2, 0.25) is 5.95 Å². The number of aryl methyl sites for hydroxylation is 1. The average Bonchev–Trinajstić information content (AvgIpc) is 2.24. The Labute approximate surface area is 102 Å². The molecule has 0 amide bonds. The number of nitrogens with one attached hydrogen (secondary N) is 2. The summed E-state index contributed by atoms with van der Waals surface area (Å²) in [6.07, 6.45) is 3.28. The highest BCUT2D eigenvalue weighted by atomic mass is 32.2. The molecule has 1 aromatic heterocycles. The van der Waals surface area contributed by atoms with Crippen LogP contribution in [0.3, 0.4) is 0 Å². The predicted octanol–water partition coefficient (Wildman–Crippen LogP) is 2.38. The summed E-state index contributed by atoms with van der Waals surface area (Å²) in [6, 6.07) is 1.97. The van der Waals surface area contributed by atoms with Crippen molar-refractivity contribution in [1.29, 1.82) is 0 Å². The fraction of sp³-hybridized carbons (Fsp3) is 0.636. The highest BCUT2D eigenvalue weighted by molar-refractivity contribution is 7.98. The van der Waals surface area contributed by atoms with Crippen molar-refractivity contribution < 1.29 is 0 Å². The van der Waals surface area contributed by atoms with Crippen molar-refractivity contribution in [3.05, 3.63) is 11.8 Å². The first kappa shape index (κ1) is 13.1. The fourth-order valence-corrected chi connectivity index (χ4v) is 1.76. The van der Waals surface area contributed by atoms with Crippen LogP contribution in [-0.2, 0) is 0 Å². The molecule has 0 saturated carbocycles. The lowest BCUT2D eigenvalue weighted by molar-refractivity contribution is 0.968. The Kier molecular flexibility index (Phi) is 6.00. The van der Waals surface area contributed by atoms with E-state index in [0.29, 0.717) is 5.95 Å². The van der Waals surface area contributed by atoms with Gasteiger partial charge in [-0.05, 0) is 32.3 Å². The van der Waals surface area contributed by atoms with Crippen molar-refractivity contribution in [1.82, 2.24) is 9.97 Å². The Balaban J connectivity index is 2.51. The average molecular weight is 240 g/mol.